The molecule has 0 bridgehead atoms. The van der Waals surface area contributed by atoms with E-state index >= 15 is 0 Å². The van der Waals surface area contributed by atoms with Gasteiger partial charge in [-0.2, -0.15) is 0 Å². The monoisotopic (exact) mass is 396 g/mol. The first-order chi connectivity index (χ1) is 13.2. The van der Waals surface area contributed by atoms with Gasteiger partial charge in [-0.3, -0.25) is 10.1 Å². The number of aromatic nitrogens is 3. The van der Waals surface area contributed by atoms with Crippen molar-refractivity contribution in [2.24, 2.45) is 0 Å². The fourth-order valence-electron chi connectivity index (χ4n) is 2.68. The van der Waals surface area contributed by atoms with Crippen molar-refractivity contribution in [3.05, 3.63) is 64.2 Å². The average molecular weight is 397 g/mol. The minimum atomic E-state index is -0.142. The van der Waals surface area contributed by atoms with E-state index in [1.165, 1.54) is 16.9 Å². The summed E-state index contributed by atoms with van der Waals surface area (Å²) in [6.45, 7) is 2.83. The van der Waals surface area contributed by atoms with Gasteiger partial charge in [-0.1, -0.05) is 18.2 Å². The highest BCUT2D eigenvalue weighted by atomic mass is 32.1. The Labute approximate surface area is 164 Å². The Bertz CT molecular complexity index is 1070. The summed E-state index contributed by atoms with van der Waals surface area (Å²) in [7, 11) is 0. The maximum atomic E-state index is 12.2. The van der Waals surface area contributed by atoms with E-state index in [9.17, 15) is 4.79 Å². The van der Waals surface area contributed by atoms with Gasteiger partial charge in [-0.25, -0.2) is 9.97 Å². The predicted molar refractivity (Wildman–Crippen MR) is 110 cm³/mol. The van der Waals surface area contributed by atoms with E-state index in [0.717, 1.165) is 33.9 Å². The minimum absolute atomic E-state index is 0.142. The number of amides is 1. The maximum Gasteiger partial charge on any atom is 0.257 e. The van der Waals surface area contributed by atoms with Crippen LogP contribution >= 0.6 is 22.7 Å². The van der Waals surface area contributed by atoms with E-state index in [1.54, 1.807) is 29.8 Å². The Morgan fingerprint density at radius 1 is 1.22 bits per heavy atom. The van der Waals surface area contributed by atoms with Crippen LogP contribution in [0, 0.1) is 6.92 Å². The number of H-pyrrole nitrogens is 1. The van der Waals surface area contributed by atoms with E-state index in [2.05, 4.69) is 37.9 Å². The molecule has 0 aliphatic heterocycles. The number of nitrogens with one attached hydrogen (secondary N) is 3. The molecule has 0 aliphatic carbocycles. The lowest BCUT2D eigenvalue weighted by atomic mass is 10.2. The van der Waals surface area contributed by atoms with Gasteiger partial charge in [0.25, 0.3) is 5.91 Å². The van der Waals surface area contributed by atoms with Gasteiger partial charge in [0, 0.05) is 28.6 Å². The van der Waals surface area contributed by atoms with Crippen LogP contribution in [0.4, 0.5) is 10.9 Å². The van der Waals surface area contributed by atoms with Crippen molar-refractivity contribution in [3.8, 4) is 0 Å². The highest BCUT2D eigenvalue weighted by molar-refractivity contribution is 7.18. The van der Waals surface area contributed by atoms with Crippen LogP contribution in [0.15, 0.2) is 48.2 Å². The van der Waals surface area contributed by atoms with Crippen LogP contribution in [-0.4, -0.2) is 22.4 Å². The van der Waals surface area contributed by atoms with Crippen LogP contribution in [-0.2, 0) is 6.42 Å². The molecule has 0 saturated carbocycles. The number of anilines is 2. The SMILES string of the molecule is Cc1csc2c(NCCc3cnc(NC(=O)c4ccccc4)s3)[nH+]cnc12. The van der Waals surface area contributed by atoms with Crippen molar-refractivity contribution >= 4 is 49.7 Å². The number of thiophene rings is 1. The van der Waals surface area contributed by atoms with E-state index in [1.807, 2.05) is 24.4 Å². The number of fused-ring (bicyclic) bond motifs is 1. The second-order valence-electron chi connectivity index (χ2n) is 6.00. The van der Waals surface area contributed by atoms with E-state index in [-0.39, 0.29) is 5.91 Å². The summed E-state index contributed by atoms with van der Waals surface area (Å²) in [5, 5.41) is 9.01. The van der Waals surface area contributed by atoms with Crippen molar-refractivity contribution in [2.75, 3.05) is 17.2 Å². The second kappa shape index (κ2) is 7.81. The van der Waals surface area contributed by atoms with E-state index in [4.69, 9.17) is 0 Å². The van der Waals surface area contributed by atoms with Crippen molar-refractivity contribution in [2.45, 2.75) is 13.3 Å². The molecule has 4 aromatic rings. The third-order valence-corrected chi connectivity index (χ3v) is 6.13. The molecule has 0 fully saturated rings. The molecule has 0 aliphatic rings. The van der Waals surface area contributed by atoms with Gasteiger partial charge in [-0.15, -0.1) is 27.7 Å². The number of nitrogens with zero attached hydrogens (tertiary/aromatic N) is 2. The Morgan fingerprint density at radius 3 is 2.93 bits per heavy atom. The number of hydrogen-bond acceptors (Lipinski definition) is 6. The molecule has 6 nitrogen and oxygen atoms in total. The van der Waals surface area contributed by atoms with Gasteiger partial charge in [0.15, 0.2) is 10.6 Å². The molecule has 8 heteroatoms. The summed E-state index contributed by atoms with van der Waals surface area (Å²) in [6, 6.07) is 9.14. The molecule has 4 rings (SSSR count). The Kier molecular flexibility index (Phi) is 5.08. The maximum absolute atomic E-state index is 12.2. The summed E-state index contributed by atoms with van der Waals surface area (Å²) in [5.74, 6) is 0.844. The van der Waals surface area contributed by atoms with Crippen LogP contribution in [0.3, 0.4) is 0 Å². The number of benzene rings is 1. The molecule has 3 heterocycles. The number of rotatable bonds is 6. The first-order valence-electron chi connectivity index (χ1n) is 8.50. The van der Waals surface area contributed by atoms with Crippen molar-refractivity contribution < 1.29 is 9.78 Å². The Hall–Kier alpha value is -2.84. The van der Waals surface area contributed by atoms with Gasteiger partial charge in [0.05, 0.1) is 6.54 Å². The van der Waals surface area contributed by atoms with Crippen LogP contribution in [0.1, 0.15) is 20.8 Å². The quantitative estimate of drug-likeness (QED) is 0.520. The molecular formula is C19H18N5OS2+. The van der Waals surface area contributed by atoms with Crippen molar-refractivity contribution in [1.82, 2.24) is 9.97 Å². The second-order valence-corrected chi connectivity index (χ2v) is 8.00. The Balaban J connectivity index is 1.35. The van der Waals surface area contributed by atoms with Gasteiger partial charge < -0.3 is 5.32 Å². The van der Waals surface area contributed by atoms with Crippen LogP contribution in [0.2, 0.25) is 0 Å². The zero-order chi connectivity index (χ0) is 18.6. The number of carbonyl (C=O) groups excluding carboxylic acids is 1. The lowest BCUT2D eigenvalue weighted by molar-refractivity contribution is -0.363. The average Bonchev–Trinajstić information content (AvgIpc) is 3.30. The van der Waals surface area contributed by atoms with E-state index < -0.39 is 0 Å². The largest absolute Gasteiger partial charge is 0.304 e. The molecule has 0 spiro atoms. The highest BCUT2D eigenvalue weighted by Crippen LogP contribution is 2.27. The number of hydrogen-bond donors (Lipinski definition) is 2. The highest BCUT2D eigenvalue weighted by Gasteiger charge is 2.13. The lowest BCUT2D eigenvalue weighted by Gasteiger charge is -2.01. The molecule has 136 valence electrons. The fourth-order valence-corrected chi connectivity index (χ4v) is 4.47. The summed E-state index contributed by atoms with van der Waals surface area (Å²) in [4.78, 5) is 25.2. The molecule has 27 heavy (non-hydrogen) atoms. The third-order valence-electron chi connectivity index (χ3n) is 4.05. The van der Waals surface area contributed by atoms with Crippen molar-refractivity contribution in [1.29, 1.82) is 0 Å². The molecule has 1 aromatic carbocycles. The summed E-state index contributed by atoms with van der Waals surface area (Å²) in [6.07, 6.45) is 4.35. The molecule has 3 N–H and O–H groups in total. The number of aryl methyl sites for hydroxylation is 1. The fraction of sp³-hybridized carbons (Fsp3) is 0.158. The molecule has 0 atom stereocenters. The predicted octanol–water partition coefficient (Wildman–Crippen LogP) is 3.78. The van der Waals surface area contributed by atoms with Gasteiger partial charge in [-0.05, 0) is 24.4 Å². The zero-order valence-electron chi connectivity index (χ0n) is 14.7. The van der Waals surface area contributed by atoms with Crippen LogP contribution in [0.5, 0.6) is 0 Å². The molecule has 0 unspecified atom stereocenters. The van der Waals surface area contributed by atoms with Crippen LogP contribution < -0.4 is 15.6 Å². The minimum Gasteiger partial charge on any atom is -0.304 e. The molecular weight excluding hydrogens is 378 g/mol. The molecule has 3 aromatic heterocycles. The third kappa shape index (κ3) is 3.96. The van der Waals surface area contributed by atoms with E-state index in [0.29, 0.717) is 10.7 Å². The van der Waals surface area contributed by atoms with Gasteiger partial charge in [0.2, 0.25) is 12.1 Å². The standard InChI is InChI=1S/C19H17N5OS2/c1-12-10-26-16-15(12)22-11-23-17(16)20-8-7-14-9-21-19(27-14)24-18(25)13-5-3-2-4-6-13/h2-6,9-11H,7-8H2,1H3,(H,20,22,23)(H,21,24,25)/p+1. The zero-order valence-corrected chi connectivity index (χ0v) is 16.3. The number of aromatic amines is 1. The summed E-state index contributed by atoms with van der Waals surface area (Å²) < 4.78 is 1.13. The number of thiazole rings is 1. The van der Waals surface area contributed by atoms with Gasteiger partial charge >= 0.3 is 0 Å². The molecule has 1 amide bonds. The summed E-state index contributed by atoms with van der Waals surface area (Å²) >= 11 is 3.18. The Morgan fingerprint density at radius 2 is 2.07 bits per heavy atom. The van der Waals surface area contributed by atoms with Crippen molar-refractivity contribution in [3.63, 3.8) is 0 Å². The smallest absolute Gasteiger partial charge is 0.257 e. The summed E-state index contributed by atoms with van der Waals surface area (Å²) in [5.41, 5.74) is 2.85. The van der Waals surface area contributed by atoms with Crippen LogP contribution in [0.25, 0.3) is 10.2 Å². The van der Waals surface area contributed by atoms with Gasteiger partial charge in [0.1, 0.15) is 4.70 Å². The number of carbonyl (C=O) groups is 1. The topological polar surface area (TPSA) is 81.0 Å². The lowest BCUT2D eigenvalue weighted by Crippen LogP contribution is -2.15. The first-order valence-corrected chi connectivity index (χ1v) is 10.2. The normalized spacial score (nSPS) is 10.9. The molecule has 0 radical (unpaired) electrons. The molecule has 0 saturated heterocycles. The first kappa shape index (κ1) is 17.6.